The van der Waals surface area contributed by atoms with E-state index in [9.17, 15) is 31.6 Å². The minimum atomic E-state index is -4.91. The number of thiophene rings is 1. The molecule has 50 heavy (non-hydrogen) atoms. The lowest BCUT2D eigenvalue weighted by Gasteiger charge is -2.37. The molecule has 3 saturated heterocycles. The maximum Gasteiger partial charge on any atom is 0.417 e. The van der Waals surface area contributed by atoms with Gasteiger partial charge in [0.05, 0.1) is 16.8 Å². The summed E-state index contributed by atoms with van der Waals surface area (Å²) in [4.78, 5) is 13.4. The Morgan fingerprint density at radius 1 is 1.06 bits per heavy atom. The van der Waals surface area contributed by atoms with Gasteiger partial charge in [-0.25, -0.2) is 4.39 Å². The standard InChI is InChI=1S/C30H29F4N7OS.C2H3F3.C2H6/c1-14-23(24-19(10-35)21(36)5-6-22(24)43-14)25-20(30(32,33)34)9-18-27(26(25)31)38-29(42-13-17-7-8-40(17)2)39-28(18)41-11-15-3-4-16(12-41)37-15;1-2(3,4)5;1-2/h5-6,9,15-17,37H,3-4,7-8,11-13,36H2,1-2H3;1H3;1-2H3/t15?,16?,17-;;/m0../s1. The monoisotopic (exact) mass is 725 g/mol. The summed E-state index contributed by atoms with van der Waals surface area (Å²) in [5, 5.41) is 13.6. The fourth-order valence-corrected chi connectivity index (χ4v) is 7.71. The highest BCUT2D eigenvalue weighted by Crippen LogP contribution is 2.49. The molecule has 2 aromatic carbocycles. The highest BCUT2D eigenvalue weighted by atomic mass is 32.1. The van der Waals surface area contributed by atoms with Crippen molar-refractivity contribution in [2.75, 3.05) is 43.9 Å². The fraction of sp³-hybridized carbons (Fsp3) is 0.500. The Kier molecular flexibility index (Phi) is 10.7. The summed E-state index contributed by atoms with van der Waals surface area (Å²) >= 11 is 1.18. The number of nitriles is 1. The Morgan fingerprint density at radius 3 is 2.24 bits per heavy atom. The number of hydrogen-bond acceptors (Lipinski definition) is 9. The Balaban J connectivity index is 0.000000640. The lowest BCUT2D eigenvalue weighted by molar-refractivity contribution is -0.137. The molecule has 0 amide bonds. The number of nitrogen functional groups attached to an aromatic ring is 1. The number of fused-ring (bicyclic) bond motifs is 4. The van der Waals surface area contributed by atoms with E-state index in [4.69, 9.17) is 10.5 Å². The van der Waals surface area contributed by atoms with Gasteiger partial charge in [-0.15, -0.1) is 11.3 Å². The van der Waals surface area contributed by atoms with E-state index < -0.39 is 29.3 Å². The second kappa shape index (κ2) is 14.4. The number of benzene rings is 2. The van der Waals surface area contributed by atoms with Crippen LogP contribution in [0.25, 0.3) is 32.1 Å². The molecule has 270 valence electrons. The van der Waals surface area contributed by atoms with E-state index in [1.807, 2.05) is 31.9 Å². The smallest absolute Gasteiger partial charge is 0.417 e. The number of anilines is 2. The van der Waals surface area contributed by atoms with Gasteiger partial charge in [0.25, 0.3) is 0 Å². The van der Waals surface area contributed by atoms with E-state index in [0.29, 0.717) is 22.7 Å². The van der Waals surface area contributed by atoms with E-state index in [-0.39, 0.29) is 76.6 Å². The van der Waals surface area contributed by atoms with E-state index >= 15 is 4.39 Å². The molecule has 2 unspecified atom stereocenters. The van der Waals surface area contributed by atoms with Gasteiger partial charge in [-0.3, -0.25) is 4.90 Å². The molecule has 3 aliphatic heterocycles. The van der Waals surface area contributed by atoms with Crippen molar-refractivity contribution in [1.82, 2.24) is 20.2 Å². The molecule has 0 spiro atoms. The number of aromatic nitrogens is 2. The topological polar surface area (TPSA) is 103 Å². The van der Waals surface area contributed by atoms with Crippen LogP contribution < -0.4 is 20.7 Å². The summed E-state index contributed by atoms with van der Waals surface area (Å²) in [6, 6.07) is 6.54. The van der Waals surface area contributed by atoms with Crippen molar-refractivity contribution in [3.05, 3.63) is 40.0 Å². The first-order valence-electron chi connectivity index (χ1n) is 16.3. The predicted octanol–water partition coefficient (Wildman–Crippen LogP) is 8.05. The van der Waals surface area contributed by atoms with Crippen molar-refractivity contribution in [2.45, 2.75) is 77.4 Å². The van der Waals surface area contributed by atoms with Gasteiger partial charge in [0.15, 0.2) is 5.82 Å². The summed E-state index contributed by atoms with van der Waals surface area (Å²) in [7, 11) is 1.97. The van der Waals surface area contributed by atoms with Gasteiger partial charge in [-0.2, -0.15) is 41.6 Å². The maximum absolute atomic E-state index is 16.9. The van der Waals surface area contributed by atoms with E-state index in [2.05, 4.69) is 20.2 Å². The Hall–Kier alpha value is -3.94. The van der Waals surface area contributed by atoms with Gasteiger partial charge in [-0.1, -0.05) is 13.8 Å². The summed E-state index contributed by atoms with van der Waals surface area (Å²) in [6.07, 6.45) is -6.09. The van der Waals surface area contributed by atoms with Crippen LogP contribution in [0.5, 0.6) is 6.01 Å². The number of halogens is 7. The highest BCUT2D eigenvalue weighted by molar-refractivity contribution is 7.19. The van der Waals surface area contributed by atoms with Crippen LogP contribution in [0.2, 0.25) is 0 Å². The zero-order valence-corrected chi connectivity index (χ0v) is 29.0. The molecule has 3 aliphatic rings. The van der Waals surface area contributed by atoms with Crippen LogP contribution in [0.4, 0.5) is 42.2 Å². The van der Waals surface area contributed by atoms with Crippen molar-refractivity contribution in [2.24, 2.45) is 0 Å². The quantitative estimate of drug-likeness (QED) is 0.158. The number of aryl methyl sites for hydroxylation is 1. The Morgan fingerprint density at radius 2 is 1.70 bits per heavy atom. The van der Waals surface area contributed by atoms with E-state index in [1.54, 1.807) is 13.0 Å². The number of likely N-dealkylation sites (N-methyl/N-ethyl adjacent to an activating group) is 1. The second-order valence-electron chi connectivity index (χ2n) is 12.4. The van der Waals surface area contributed by atoms with Crippen LogP contribution in [0.3, 0.4) is 0 Å². The van der Waals surface area contributed by atoms with Gasteiger partial charge >= 0.3 is 18.4 Å². The minimum absolute atomic E-state index is 0.00508. The lowest BCUT2D eigenvalue weighted by atomic mass is 9.92. The van der Waals surface area contributed by atoms with Crippen LogP contribution in [-0.4, -0.2) is 72.5 Å². The minimum Gasteiger partial charge on any atom is -0.462 e. The number of hydrogen-bond donors (Lipinski definition) is 2. The molecule has 3 fully saturated rings. The summed E-state index contributed by atoms with van der Waals surface area (Å²) in [5.74, 6) is -0.906. The van der Waals surface area contributed by atoms with Crippen molar-refractivity contribution in [1.29, 1.82) is 5.26 Å². The van der Waals surface area contributed by atoms with Crippen LogP contribution >= 0.6 is 11.3 Å². The normalized spacial score (nSPS) is 20.5. The van der Waals surface area contributed by atoms with Gasteiger partial charge < -0.3 is 20.7 Å². The fourth-order valence-electron chi connectivity index (χ4n) is 6.63. The van der Waals surface area contributed by atoms with Crippen LogP contribution in [-0.2, 0) is 6.18 Å². The number of likely N-dealkylation sites (tertiary alicyclic amines) is 1. The molecule has 5 heterocycles. The van der Waals surface area contributed by atoms with Gasteiger partial charge in [-0.05, 0) is 58.0 Å². The average molecular weight is 726 g/mol. The molecule has 16 heteroatoms. The number of rotatable bonds is 5. The molecule has 0 saturated carbocycles. The molecule has 8 nitrogen and oxygen atoms in total. The first kappa shape index (κ1) is 37.3. The van der Waals surface area contributed by atoms with Crippen molar-refractivity contribution in [3.8, 4) is 23.2 Å². The summed E-state index contributed by atoms with van der Waals surface area (Å²) in [6.45, 7) is 8.07. The maximum atomic E-state index is 16.9. The molecule has 3 N–H and O–H groups in total. The molecule has 2 aromatic heterocycles. The average Bonchev–Trinajstić information content (AvgIpc) is 3.56. The number of piperazine rings is 1. The first-order valence-corrected chi connectivity index (χ1v) is 17.1. The Labute approximate surface area is 289 Å². The molecular weight excluding hydrogens is 687 g/mol. The van der Waals surface area contributed by atoms with E-state index in [1.165, 1.54) is 17.4 Å². The third-order valence-electron chi connectivity index (χ3n) is 8.98. The second-order valence-corrected chi connectivity index (χ2v) is 13.7. The molecule has 3 atom stereocenters. The molecular formula is C34H38F7N7OS. The van der Waals surface area contributed by atoms with Crippen molar-refractivity contribution in [3.63, 3.8) is 0 Å². The third kappa shape index (κ3) is 7.54. The van der Waals surface area contributed by atoms with Gasteiger partial charge in [0.1, 0.15) is 24.0 Å². The van der Waals surface area contributed by atoms with Gasteiger partial charge in [0.2, 0.25) is 0 Å². The number of alkyl halides is 6. The van der Waals surface area contributed by atoms with Crippen LogP contribution in [0.1, 0.15) is 56.0 Å². The number of nitrogens with two attached hydrogens (primary N) is 1. The van der Waals surface area contributed by atoms with Gasteiger partial charge in [0, 0.05) is 69.6 Å². The highest BCUT2D eigenvalue weighted by Gasteiger charge is 2.40. The predicted molar refractivity (Wildman–Crippen MR) is 181 cm³/mol. The number of nitrogens with zero attached hydrogens (tertiary/aromatic N) is 5. The van der Waals surface area contributed by atoms with Crippen LogP contribution in [0.15, 0.2) is 18.2 Å². The molecule has 4 aromatic rings. The zero-order chi connectivity index (χ0) is 36.7. The lowest BCUT2D eigenvalue weighted by Crippen LogP contribution is -2.51. The van der Waals surface area contributed by atoms with E-state index in [0.717, 1.165) is 31.9 Å². The number of nitrogens with one attached hydrogen (secondary N) is 1. The number of ether oxygens (including phenoxy) is 1. The van der Waals surface area contributed by atoms with Crippen molar-refractivity contribution < 1.29 is 35.5 Å². The first-order chi connectivity index (χ1) is 23.5. The van der Waals surface area contributed by atoms with Crippen LogP contribution in [0, 0.1) is 24.1 Å². The zero-order valence-electron chi connectivity index (χ0n) is 28.2. The third-order valence-corrected chi connectivity index (χ3v) is 10.1. The SMILES string of the molecule is CC.CC(F)(F)F.Cc1sc2ccc(N)c(C#N)c2c1-c1c(C(F)(F)F)cc2c(N3CC4CCC(C3)N4)nc(OC[C@@H]3CCN3C)nc2c1F. The summed E-state index contributed by atoms with van der Waals surface area (Å²) < 4.78 is 99.1. The van der Waals surface area contributed by atoms with Crippen molar-refractivity contribution >= 4 is 43.8 Å². The molecule has 2 bridgehead atoms. The molecule has 0 aliphatic carbocycles. The molecule has 7 rings (SSSR count). The largest absolute Gasteiger partial charge is 0.462 e. The summed E-state index contributed by atoms with van der Waals surface area (Å²) in [5.41, 5.74) is 4.11. The molecule has 0 radical (unpaired) electrons. The Bertz CT molecular complexity index is 1900.